The van der Waals surface area contributed by atoms with E-state index >= 15 is 0 Å². The first-order valence-electron chi connectivity index (χ1n) is 7.36. The van der Waals surface area contributed by atoms with Gasteiger partial charge in [-0.15, -0.1) is 0 Å². The number of methoxy groups -OCH3 is 1. The summed E-state index contributed by atoms with van der Waals surface area (Å²) in [5.41, 5.74) is 4.67. The molecule has 0 aliphatic rings. The molecule has 0 aliphatic heterocycles. The lowest BCUT2D eigenvalue weighted by Crippen LogP contribution is -2.05. The van der Waals surface area contributed by atoms with E-state index in [2.05, 4.69) is 37.4 Å². The predicted octanol–water partition coefficient (Wildman–Crippen LogP) is 4.57. The number of benzene rings is 2. The van der Waals surface area contributed by atoms with Crippen LogP contribution in [-0.4, -0.2) is 7.11 Å². The van der Waals surface area contributed by atoms with Gasteiger partial charge in [-0.1, -0.05) is 38.1 Å². The zero-order chi connectivity index (χ0) is 15.2. The Balaban J connectivity index is 2.18. The van der Waals surface area contributed by atoms with E-state index in [4.69, 9.17) is 4.74 Å². The molecule has 0 aromatic heterocycles. The van der Waals surface area contributed by atoms with Crippen molar-refractivity contribution in [2.24, 2.45) is 0 Å². The van der Waals surface area contributed by atoms with Crippen molar-refractivity contribution >= 4 is 5.69 Å². The maximum Gasteiger partial charge on any atom is 0.165 e. The van der Waals surface area contributed by atoms with E-state index in [1.165, 1.54) is 30.0 Å². The number of aryl methyl sites for hydroxylation is 2. The van der Waals surface area contributed by atoms with Gasteiger partial charge in [0.15, 0.2) is 11.6 Å². The fraction of sp³-hybridized carbons (Fsp3) is 0.333. The highest BCUT2D eigenvalue weighted by atomic mass is 19.1. The first kappa shape index (κ1) is 15.4. The van der Waals surface area contributed by atoms with E-state index in [0.717, 1.165) is 18.4 Å². The van der Waals surface area contributed by atoms with E-state index in [1.54, 1.807) is 6.07 Å². The maximum absolute atomic E-state index is 13.7. The van der Waals surface area contributed by atoms with Crippen molar-refractivity contribution in [1.82, 2.24) is 0 Å². The molecule has 0 saturated heterocycles. The second kappa shape index (κ2) is 7.11. The number of nitrogens with one attached hydrogen (secondary N) is 1. The zero-order valence-electron chi connectivity index (χ0n) is 12.9. The summed E-state index contributed by atoms with van der Waals surface area (Å²) in [6.45, 7) is 4.89. The predicted molar refractivity (Wildman–Crippen MR) is 85.5 cm³/mol. The fourth-order valence-corrected chi connectivity index (χ4v) is 2.48. The van der Waals surface area contributed by atoms with Gasteiger partial charge in [0.05, 0.1) is 7.11 Å². The molecule has 2 aromatic rings. The van der Waals surface area contributed by atoms with E-state index in [9.17, 15) is 4.39 Å². The molecule has 0 heterocycles. The lowest BCUT2D eigenvalue weighted by Gasteiger charge is -2.15. The van der Waals surface area contributed by atoms with Gasteiger partial charge in [0.2, 0.25) is 0 Å². The molecule has 21 heavy (non-hydrogen) atoms. The van der Waals surface area contributed by atoms with Gasteiger partial charge in [-0.25, -0.2) is 4.39 Å². The number of para-hydroxylation sites is 1. The monoisotopic (exact) mass is 287 g/mol. The minimum Gasteiger partial charge on any atom is -0.494 e. The molecule has 2 rings (SSSR count). The van der Waals surface area contributed by atoms with Crippen molar-refractivity contribution in [1.29, 1.82) is 0 Å². The molecule has 0 spiro atoms. The van der Waals surface area contributed by atoms with Crippen molar-refractivity contribution in [3.8, 4) is 5.75 Å². The highest BCUT2D eigenvalue weighted by Gasteiger charge is 2.07. The molecular weight excluding hydrogens is 265 g/mol. The molecule has 0 fully saturated rings. The molecule has 0 unspecified atom stereocenters. The molecule has 0 aliphatic carbocycles. The summed E-state index contributed by atoms with van der Waals surface area (Å²) < 4.78 is 18.7. The Morgan fingerprint density at radius 1 is 1.05 bits per heavy atom. The van der Waals surface area contributed by atoms with Crippen LogP contribution in [-0.2, 0) is 19.4 Å². The number of hydrogen-bond donors (Lipinski definition) is 1. The zero-order valence-corrected chi connectivity index (χ0v) is 12.9. The van der Waals surface area contributed by atoms with Gasteiger partial charge >= 0.3 is 0 Å². The highest BCUT2D eigenvalue weighted by Crippen LogP contribution is 2.24. The quantitative estimate of drug-likeness (QED) is 0.840. The highest BCUT2D eigenvalue weighted by molar-refractivity contribution is 5.58. The third-order valence-corrected chi connectivity index (χ3v) is 3.68. The maximum atomic E-state index is 13.7. The van der Waals surface area contributed by atoms with Crippen LogP contribution in [0.2, 0.25) is 0 Å². The Bertz CT molecular complexity index is 588. The van der Waals surface area contributed by atoms with E-state index in [1.807, 2.05) is 6.07 Å². The lowest BCUT2D eigenvalue weighted by molar-refractivity contribution is 0.386. The Labute approximate surface area is 126 Å². The number of halogens is 1. The smallest absolute Gasteiger partial charge is 0.165 e. The normalized spacial score (nSPS) is 10.5. The molecule has 0 saturated carbocycles. The summed E-state index contributed by atoms with van der Waals surface area (Å²) >= 11 is 0. The largest absolute Gasteiger partial charge is 0.494 e. The average molecular weight is 287 g/mol. The summed E-state index contributed by atoms with van der Waals surface area (Å²) in [5, 5.41) is 3.46. The third-order valence-electron chi connectivity index (χ3n) is 3.68. The van der Waals surface area contributed by atoms with Crippen LogP contribution in [0.15, 0.2) is 36.4 Å². The second-order valence-electron chi connectivity index (χ2n) is 4.98. The summed E-state index contributed by atoms with van der Waals surface area (Å²) in [5.74, 6) is -0.0433. The topological polar surface area (TPSA) is 21.3 Å². The van der Waals surface area contributed by atoms with E-state index < -0.39 is 0 Å². The molecule has 0 amide bonds. The Morgan fingerprint density at radius 3 is 2.24 bits per heavy atom. The van der Waals surface area contributed by atoms with Gasteiger partial charge in [-0.05, 0) is 41.7 Å². The van der Waals surface area contributed by atoms with Crippen LogP contribution in [0.3, 0.4) is 0 Å². The molecule has 2 nitrogen and oxygen atoms in total. The molecular formula is C18H22FNO. The fourth-order valence-electron chi connectivity index (χ4n) is 2.48. The molecule has 0 bridgehead atoms. The van der Waals surface area contributed by atoms with Crippen molar-refractivity contribution < 1.29 is 9.13 Å². The molecule has 3 heteroatoms. The first-order chi connectivity index (χ1) is 10.2. The second-order valence-corrected chi connectivity index (χ2v) is 4.98. The molecule has 0 radical (unpaired) electrons. The summed E-state index contributed by atoms with van der Waals surface area (Å²) in [6, 6.07) is 11.4. The molecule has 1 N–H and O–H groups in total. The summed E-state index contributed by atoms with van der Waals surface area (Å²) in [4.78, 5) is 0. The Hall–Kier alpha value is -2.03. The lowest BCUT2D eigenvalue weighted by atomic mass is 10.0. The van der Waals surface area contributed by atoms with Crippen molar-refractivity contribution in [2.45, 2.75) is 33.2 Å². The van der Waals surface area contributed by atoms with Gasteiger partial charge < -0.3 is 10.1 Å². The summed E-state index contributed by atoms with van der Waals surface area (Å²) in [6.07, 6.45) is 1.96. The number of ether oxygens (including phenoxy) is 1. The van der Waals surface area contributed by atoms with Gasteiger partial charge in [-0.3, -0.25) is 0 Å². The van der Waals surface area contributed by atoms with Crippen LogP contribution in [0.25, 0.3) is 0 Å². The molecule has 0 atom stereocenters. The Kier molecular flexibility index (Phi) is 5.20. The SMILES string of the molecule is CCc1cccc(CC)c1NCc1ccc(OC)c(F)c1. The number of rotatable bonds is 6. The minimum absolute atomic E-state index is 0.280. The summed E-state index contributed by atoms with van der Waals surface area (Å²) in [7, 11) is 1.47. The van der Waals surface area contributed by atoms with Crippen LogP contribution in [0.1, 0.15) is 30.5 Å². The minimum atomic E-state index is -0.323. The first-order valence-corrected chi connectivity index (χ1v) is 7.36. The molecule has 112 valence electrons. The van der Waals surface area contributed by atoms with Gasteiger partial charge in [0.1, 0.15) is 0 Å². The standard InChI is InChI=1S/C18H22FNO/c1-4-14-7-6-8-15(5-2)18(14)20-12-13-9-10-17(21-3)16(19)11-13/h6-11,20H,4-5,12H2,1-3H3. The van der Waals surface area contributed by atoms with Crippen LogP contribution in [0, 0.1) is 5.82 Å². The van der Waals surface area contributed by atoms with Crippen LogP contribution in [0.4, 0.5) is 10.1 Å². The van der Waals surface area contributed by atoms with Crippen molar-refractivity contribution in [3.05, 3.63) is 58.9 Å². The van der Waals surface area contributed by atoms with E-state index in [0.29, 0.717) is 6.54 Å². The van der Waals surface area contributed by atoms with Crippen LogP contribution in [0.5, 0.6) is 5.75 Å². The van der Waals surface area contributed by atoms with Crippen LogP contribution >= 0.6 is 0 Å². The number of anilines is 1. The van der Waals surface area contributed by atoms with Gasteiger partial charge in [0.25, 0.3) is 0 Å². The molecule has 2 aromatic carbocycles. The van der Waals surface area contributed by atoms with Gasteiger partial charge in [0, 0.05) is 12.2 Å². The third kappa shape index (κ3) is 3.54. The number of hydrogen-bond acceptors (Lipinski definition) is 2. The van der Waals surface area contributed by atoms with Crippen LogP contribution < -0.4 is 10.1 Å². The average Bonchev–Trinajstić information content (AvgIpc) is 2.52. The van der Waals surface area contributed by atoms with E-state index in [-0.39, 0.29) is 11.6 Å². The van der Waals surface area contributed by atoms with Gasteiger partial charge in [-0.2, -0.15) is 0 Å². The Morgan fingerprint density at radius 2 is 1.71 bits per heavy atom. The van der Waals surface area contributed by atoms with Crippen molar-refractivity contribution in [2.75, 3.05) is 12.4 Å². The van der Waals surface area contributed by atoms with Crippen molar-refractivity contribution in [3.63, 3.8) is 0 Å².